The van der Waals surface area contributed by atoms with Crippen LogP contribution in [0.1, 0.15) is 56.6 Å². The van der Waals surface area contributed by atoms with E-state index in [0.717, 1.165) is 35.6 Å². The Morgan fingerprint density at radius 1 is 0.966 bits per heavy atom. The van der Waals surface area contributed by atoms with Gasteiger partial charge in [0.1, 0.15) is 18.2 Å². The Bertz CT molecular complexity index is 811. The van der Waals surface area contributed by atoms with E-state index in [9.17, 15) is 4.39 Å². The maximum absolute atomic E-state index is 13.1. The smallest absolute Gasteiger partial charge is 0.124 e. The molecule has 4 aliphatic carbocycles. The molecule has 0 aliphatic heterocycles. The second-order valence-electron chi connectivity index (χ2n) is 9.91. The highest BCUT2D eigenvalue weighted by Gasteiger charge is 2.52. The molecule has 0 spiro atoms. The lowest BCUT2D eigenvalue weighted by Crippen LogP contribution is -2.54. The van der Waals surface area contributed by atoms with E-state index in [1.807, 2.05) is 12.1 Å². The molecule has 4 saturated carbocycles. The summed E-state index contributed by atoms with van der Waals surface area (Å²) in [7, 11) is 0. The fourth-order valence-electron chi connectivity index (χ4n) is 6.72. The van der Waals surface area contributed by atoms with Crippen molar-refractivity contribution in [3.8, 4) is 5.75 Å². The first-order chi connectivity index (χ1) is 14.1. The van der Waals surface area contributed by atoms with Gasteiger partial charge < -0.3 is 10.1 Å². The van der Waals surface area contributed by atoms with Crippen molar-refractivity contribution in [3.63, 3.8) is 0 Å². The van der Waals surface area contributed by atoms with Crippen molar-refractivity contribution < 1.29 is 9.13 Å². The van der Waals surface area contributed by atoms with Crippen LogP contribution in [0.4, 0.5) is 4.39 Å². The highest BCUT2D eigenvalue weighted by molar-refractivity contribution is 5.33. The minimum Gasteiger partial charge on any atom is -0.489 e. The van der Waals surface area contributed by atoms with Gasteiger partial charge in [0, 0.05) is 18.2 Å². The summed E-state index contributed by atoms with van der Waals surface area (Å²) >= 11 is 0. The topological polar surface area (TPSA) is 21.3 Å². The van der Waals surface area contributed by atoms with Crippen molar-refractivity contribution in [1.29, 1.82) is 0 Å². The molecular weight excluding hydrogens is 361 g/mol. The lowest BCUT2D eigenvalue weighted by atomic mass is 9.48. The SMILES string of the molecule is C[C@H](NCc1ccccc1OCc1ccc(F)cc1)C12CC3CC(CC(C3)C1)C2. The minimum absolute atomic E-state index is 0.211. The van der Waals surface area contributed by atoms with E-state index in [-0.39, 0.29) is 5.82 Å². The van der Waals surface area contributed by atoms with Crippen molar-refractivity contribution in [2.45, 2.75) is 64.6 Å². The average molecular weight is 394 g/mol. The maximum Gasteiger partial charge on any atom is 0.124 e. The highest BCUT2D eigenvalue weighted by atomic mass is 19.1. The Morgan fingerprint density at radius 3 is 2.24 bits per heavy atom. The summed E-state index contributed by atoms with van der Waals surface area (Å²) < 4.78 is 19.2. The predicted octanol–water partition coefficient (Wildman–Crippen LogP) is 6.10. The summed E-state index contributed by atoms with van der Waals surface area (Å²) in [5, 5.41) is 3.87. The van der Waals surface area contributed by atoms with Crippen LogP contribution in [0.5, 0.6) is 5.75 Å². The van der Waals surface area contributed by atoms with Crippen LogP contribution in [-0.4, -0.2) is 6.04 Å². The van der Waals surface area contributed by atoms with E-state index in [0.29, 0.717) is 18.1 Å². The van der Waals surface area contributed by atoms with E-state index >= 15 is 0 Å². The first-order valence-corrected chi connectivity index (χ1v) is 11.3. The van der Waals surface area contributed by atoms with Crippen molar-refractivity contribution in [2.75, 3.05) is 0 Å². The predicted molar refractivity (Wildman–Crippen MR) is 114 cm³/mol. The first-order valence-electron chi connectivity index (χ1n) is 11.3. The molecular formula is C26H32FNO. The summed E-state index contributed by atoms with van der Waals surface area (Å²) in [6, 6.07) is 15.4. The minimum atomic E-state index is -0.211. The van der Waals surface area contributed by atoms with Crippen LogP contribution in [-0.2, 0) is 13.2 Å². The standard InChI is InChI=1S/C26H32FNO/c1-18(26-13-20-10-21(14-26)12-22(11-20)15-26)28-16-23-4-2-3-5-25(23)29-17-19-6-8-24(27)9-7-19/h2-9,18,20-22,28H,10-17H2,1H3/t18-,20?,21?,22?,26?/m0/s1. The van der Waals surface area contributed by atoms with Gasteiger partial charge in [-0.15, -0.1) is 0 Å². The van der Waals surface area contributed by atoms with E-state index in [2.05, 4.69) is 24.4 Å². The van der Waals surface area contributed by atoms with Crippen molar-refractivity contribution in [2.24, 2.45) is 23.2 Å². The number of hydrogen-bond donors (Lipinski definition) is 1. The Morgan fingerprint density at radius 2 is 1.59 bits per heavy atom. The molecule has 2 aromatic rings. The van der Waals surface area contributed by atoms with E-state index < -0.39 is 0 Å². The molecule has 2 aromatic carbocycles. The van der Waals surface area contributed by atoms with Gasteiger partial charge in [-0.25, -0.2) is 4.39 Å². The third-order valence-electron chi connectivity index (χ3n) is 7.88. The molecule has 0 heterocycles. The van der Waals surface area contributed by atoms with Crippen LogP contribution < -0.4 is 10.1 Å². The van der Waals surface area contributed by atoms with Gasteiger partial charge in [-0.3, -0.25) is 0 Å². The number of ether oxygens (including phenoxy) is 1. The summed E-state index contributed by atoms with van der Waals surface area (Å²) in [6.45, 7) is 3.71. The van der Waals surface area contributed by atoms with E-state index in [1.54, 1.807) is 12.1 Å². The largest absolute Gasteiger partial charge is 0.489 e. The lowest BCUT2D eigenvalue weighted by molar-refractivity contribution is -0.0706. The number of hydrogen-bond acceptors (Lipinski definition) is 2. The van der Waals surface area contributed by atoms with Gasteiger partial charge in [0.25, 0.3) is 0 Å². The quantitative estimate of drug-likeness (QED) is 0.614. The molecule has 0 unspecified atom stereocenters. The van der Waals surface area contributed by atoms with Gasteiger partial charge in [0.15, 0.2) is 0 Å². The molecule has 1 atom stereocenters. The Balaban J connectivity index is 1.22. The zero-order valence-electron chi connectivity index (χ0n) is 17.4. The summed E-state index contributed by atoms with van der Waals surface area (Å²) in [6.07, 6.45) is 8.76. The average Bonchev–Trinajstić information content (AvgIpc) is 2.71. The number of nitrogens with one attached hydrogen (secondary N) is 1. The molecule has 6 rings (SSSR count). The second-order valence-corrected chi connectivity index (χ2v) is 9.91. The van der Waals surface area contributed by atoms with Crippen molar-refractivity contribution >= 4 is 0 Å². The second kappa shape index (κ2) is 7.75. The third kappa shape index (κ3) is 3.94. The fraction of sp³-hybridized carbons (Fsp3) is 0.538. The Hall–Kier alpha value is -1.87. The molecule has 0 amide bonds. The summed E-state index contributed by atoms with van der Waals surface area (Å²) in [4.78, 5) is 0. The van der Waals surface area contributed by atoms with Crippen LogP contribution in [0.15, 0.2) is 48.5 Å². The zero-order valence-corrected chi connectivity index (χ0v) is 17.4. The first kappa shape index (κ1) is 19.1. The van der Waals surface area contributed by atoms with Gasteiger partial charge >= 0.3 is 0 Å². The molecule has 4 fully saturated rings. The lowest BCUT2D eigenvalue weighted by Gasteiger charge is -2.59. The fourth-order valence-corrected chi connectivity index (χ4v) is 6.72. The molecule has 0 radical (unpaired) electrons. The van der Waals surface area contributed by atoms with Crippen molar-refractivity contribution in [1.82, 2.24) is 5.32 Å². The maximum atomic E-state index is 13.1. The number of para-hydroxylation sites is 1. The van der Waals surface area contributed by atoms with Crippen LogP contribution in [0.25, 0.3) is 0 Å². The van der Waals surface area contributed by atoms with Gasteiger partial charge in [-0.05, 0) is 92.4 Å². The highest BCUT2D eigenvalue weighted by Crippen LogP contribution is 2.61. The molecule has 4 aliphatic rings. The van der Waals surface area contributed by atoms with Gasteiger partial charge in [-0.1, -0.05) is 30.3 Å². The Kier molecular flexibility index (Phi) is 5.11. The molecule has 29 heavy (non-hydrogen) atoms. The molecule has 1 N–H and O–H groups in total. The molecule has 154 valence electrons. The van der Waals surface area contributed by atoms with Crippen molar-refractivity contribution in [3.05, 3.63) is 65.5 Å². The van der Waals surface area contributed by atoms with Crippen LogP contribution in [0.3, 0.4) is 0 Å². The molecule has 3 heteroatoms. The number of rotatable bonds is 7. The number of benzene rings is 2. The normalized spacial score (nSPS) is 31.0. The molecule has 0 saturated heterocycles. The summed E-state index contributed by atoms with van der Waals surface area (Å²) in [5.41, 5.74) is 2.70. The van der Waals surface area contributed by atoms with Gasteiger partial charge in [-0.2, -0.15) is 0 Å². The van der Waals surface area contributed by atoms with Crippen LogP contribution >= 0.6 is 0 Å². The molecule has 4 bridgehead atoms. The van der Waals surface area contributed by atoms with Gasteiger partial charge in [0.2, 0.25) is 0 Å². The zero-order chi connectivity index (χ0) is 19.8. The third-order valence-corrected chi connectivity index (χ3v) is 7.88. The Labute approximate surface area is 173 Å². The van der Waals surface area contributed by atoms with E-state index in [4.69, 9.17) is 4.74 Å². The molecule has 2 nitrogen and oxygen atoms in total. The monoisotopic (exact) mass is 393 g/mol. The van der Waals surface area contributed by atoms with Crippen LogP contribution in [0.2, 0.25) is 0 Å². The summed E-state index contributed by atoms with van der Waals surface area (Å²) in [5.74, 6) is 3.66. The number of halogens is 1. The van der Waals surface area contributed by atoms with E-state index in [1.165, 1.54) is 56.2 Å². The van der Waals surface area contributed by atoms with Crippen LogP contribution in [0, 0.1) is 29.0 Å². The molecule has 0 aromatic heterocycles. The van der Waals surface area contributed by atoms with Gasteiger partial charge in [0.05, 0.1) is 0 Å².